The highest BCUT2D eigenvalue weighted by atomic mass is 16.5. The van der Waals surface area contributed by atoms with Gasteiger partial charge in [-0.15, -0.1) is 0 Å². The Morgan fingerprint density at radius 2 is 1.17 bits per heavy atom. The highest BCUT2D eigenvalue weighted by Crippen LogP contribution is 2.48. The Labute approximate surface area is 201 Å². The second kappa shape index (κ2) is 8.53. The first-order valence-electron chi connectivity index (χ1n) is 10.1. The summed E-state index contributed by atoms with van der Waals surface area (Å²) >= 11 is 0. The summed E-state index contributed by atoms with van der Waals surface area (Å²) in [5.74, 6) is -11.2. The fourth-order valence-electron chi connectivity index (χ4n) is 4.24. The molecule has 1 fully saturated rings. The van der Waals surface area contributed by atoms with Crippen LogP contribution in [0.25, 0.3) is 0 Å². The molecule has 0 radical (unpaired) electrons. The minimum absolute atomic E-state index is 0.524. The van der Waals surface area contributed by atoms with Crippen molar-refractivity contribution in [1.29, 1.82) is 0 Å². The summed E-state index contributed by atoms with van der Waals surface area (Å²) in [7, 11) is 0.831. The molecule has 194 valence electrons. The maximum atomic E-state index is 13.4. The van der Waals surface area contributed by atoms with Crippen LogP contribution in [-0.2, 0) is 9.53 Å². The minimum Gasteiger partial charge on any atom is -0.504 e. The van der Waals surface area contributed by atoms with Gasteiger partial charge in [0, 0.05) is 24.0 Å². The lowest BCUT2D eigenvalue weighted by Crippen LogP contribution is -2.76. The molecule has 1 saturated carbocycles. The van der Waals surface area contributed by atoms with Crippen molar-refractivity contribution < 1.29 is 70.2 Å². The molecule has 36 heavy (non-hydrogen) atoms. The fourth-order valence-corrected chi connectivity index (χ4v) is 4.24. The molecule has 0 bridgehead atoms. The second-order valence-electron chi connectivity index (χ2n) is 8.43. The quantitative estimate of drug-likeness (QED) is 0.125. The third-order valence-corrected chi connectivity index (χ3v) is 6.14. The topological polar surface area (TPSA) is 263 Å². The Morgan fingerprint density at radius 3 is 1.56 bits per heavy atom. The van der Waals surface area contributed by atoms with Gasteiger partial charge in [-0.05, 0) is 24.3 Å². The number of Topliss-reactive ketones (excluding diaryl/α,β-unsaturated/α-hetero) is 2. The molecule has 2 unspecified atom stereocenters. The number of ketones is 2. The first-order chi connectivity index (χ1) is 16.5. The number of phenols is 6. The lowest BCUT2D eigenvalue weighted by Gasteiger charge is -2.51. The van der Waals surface area contributed by atoms with Crippen molar-refractivity contribution in [1.82, 2.24) is 0 Å². The Kier molecular flexibility index (Phi) is 6.28. The van der Waals surface area contributed by atoms with E-state index in [1.165, 1.54) is 0 Å². The van der Waals surface area contributed by atoms with Crippen LogP contribution in [0.4, 0.5) is 0 Å². The standard InChI is InChI=1S/C22H22O14/c1-36-19(32)20(33)6-14(27)22(35,18(31)9-4-12(25)16(29)13(26)5-9)21(34,7-20)17(30)8-2-10(23)15(28)11(24)3-8/h2-5,14,23-29,33-35H,6-7H2,1H3/t14-,20?,21+,22?/m1/s1. The normalized spacial score (nSPS) is 27.9. The van der Waals surface area contributed by atoms with Gasteiger partial charge < -0.3 is 55.8 Å². The van der Waals surface area contributed by atoms with Gasteiger partial charge in [-0.1, -0.05) is 0 Å². The Hall–Kier alpha value is -4.11. The van der Waals surface area contributed by atoms with Gasteiger partial charge in [-0.2, -0.15) is 0 Å². The van der Waals surface area contributed by atoms with E-state index in [0.717, 1.165) is 7.11 Å². The average molecular weight is 510 g/mol. The van der Waals surface area contributed by atoms with Crippen molar-refractivity contribution in [3.63, 3.8) is 0 Å². The third-order valence-electron chi connectivity index (χ3n) is 6.14. The largest absolute Gasteiger partial charge is 0.504 e. The zero-order chi connectivity index (χ0) is 27.4. The Morgan fingerprint density at radius 1 is 0.778 bits per heavy atom. The zero-order valence-corrected chi connectivity index (χ0v) is 18.4. The molecule has 3 rings (SSSR count). The molecule has 10 N–H and O–H groups in total. The predicted octanol–water partition coefficient (Wildman–Crippen LogP) is -1.49. The van der Waals surface area contributed by atoms with Gasteiger partial charge >= 0.3 is 5.97 Å². The summed E-state index contributed by atoms with van der Waals surface area (Å²) in [4.78, 5) is 39.0. The molecule has 0 saturated heterocycles. The molecule has 0 aliphatic heterocycles. The van der Waals surface area contributed by atoms with E-state index in [9.17, 15) is 65.4 Å². The van der Waals surface area contributed by atoms with Crippen LogP contribution in [0.3, 0.4) is 0 Å². The number of carbonyl (C=O) groups is 3. The number of esters is 1. The molecule has 4 atom stereocenters. The lowest BCUT2D eigenvalue weighted by molar-refractivity contribution is -0.225. The van der Waals surface area contributed by atoms with E-state index >= 15 is 0 Å². The summed E-state index contributed by atoms with van der Waals surface area (Å²) in [5, 5.41) is 103. The van der Waals surface area contributed by atoms with Crippen LogP contribution in [0, 0.1) is 0 Å². The summed E-state index contributed by atoms with van der Waals surface area (Å²) < 4.78 is 4.44. The van der Waals surface area contributed by atoms with Crippen molar-refractivity contribution >= 4 is 17.5 Å². The molecular formula is C22H22O14. The van der Waals surface area contributed by atoms with E-state index in [0.29, 0.717) is 24.3 Å². The van der Waals surface area contributed by atoms with Gasteiger partial charge in [-0.3, -0.25) is 9.59 Å². The number of hydrogen-bond acceptors (Lipinski definition) is 14. The van der Waals surface area contributed by atoms with E-state index in [1.807, 2.05) is 0 Å². The molecule has 2 aromatic rings. The maximum absolute atomic E-state index is 13.4. The van der Waals surface area contributed by atoms with E-state index in [-0.39, 0.29) is 0 Å². The second-order valence-corrected chi connectivity index (χ2v) is 8.43. The highest BCUT2D eigenvalue weighted by molar-refractivity contribution is 6.13. The number of aliphatic hydroxyl groups excluding tert-OH is 1. The fraction of sp³-hybridized carbons (Fsp3) is 0.318. The molecule has 1 aliphatic rings. The van der Waals surface area contributed by atoms with Crippen LogP contribution >= 0.6 is 0 Å². The number of hydrogen-bond donors (Lipinski definition) is 10. The van der Waals surface area contributed by atoms with Crippen LogP contribution in [0.15, 0.2) is 24.3 Å². The van der Waals surface area contributed by atoms with Crippen LogP contribution in [0.2, 0.25) is 0 Å². The number of phenolic OH excluding ortho intramolecular Hbond substituents is 6. The smallest absolute Gasteiger partial charge is 0.338 e. The van der Waals surface area contributed by atoms with Gasteiger partial charge in [-0.25, -0.2) is 4.79 Å². The molecule has 14 heteroatoms. The highest BCUT2D eigenvalue weighted by Gasteiger charge is 2.71. The Bertz CT molecular complexity index is 1230. The van der Waals surface area contributed by atoms with Crippen molar-refractivity contribution in [2.45, 2.75) is 35.7 Å². The van der Waals surface area contributed by atoms with Crippen LogP contribution < -0.4 is 0 Å². The van der Waals surface area contributed by atoms with Crippen molar-refractivity contribution in [2.24, 2.45) is 0 Å². The first-order valence-corrected chi connectivity index (χ1v) is 10.1. The molecule has 0 heterocycles. The van der Waals surface area contributed by atoms with Gasteiger partial charge in [0.05, 0.1) is 13.2 Å². The van der Waals surface area contributed by atoms with Crippen LogP contribution in [0.1, 0.15) is 33.6 Å². The lowest BCUT2D eigenvalue weighted by atomic mass is 9.59. The molecule has 14 nitrogen and oxygen atoms in total. The monoisotopic (exact) mass is 510 g/mol. The van der Waals surface area contributed by atoms with E-state index < -0.39 is 98.9 Å². The van der Waals surface area contributed by atoms with Gasteiger partial charge in [0.25, 0.3) is 0 Å². The number of aliphatic hydroxyl groups is 4. The maximum Gasteiger partial charge on any atom is 0.338 e. The number of ether oxygens (including phenoxy) is 1. The first kappa shape index (κ1) is 26.5. The minimum atomic E-state index is -3.59. The molecule has 1 aliphatic carbocycles. The van der Waals surface area contributed by atoms with Crippen molar-refractivity contribution in [2.75, 3.05) is 7.11 Å². The van der Waals surface area contributed by atoms with Gasteiger partial charge in [0.2, 0.25) is 5.78 Å². The SMILES string of the molecule is COC(=O)C1(O)C[C@@H](O)C(O)(C(=O)c2cc(O)c(O)c(O)c2)[C@@](O)(C(=O)c2cc(O)c(O)c(O)c2)C1. The van der Waals surface area contributed by atoms with E-state index in [1.54, 1.807) is 0 Å². The van der Waals surface area contributed by atoms with E-state index in [2.05, 4.69) is 4.74 Å². The zero-order valence-electron chi connectivity index (χ0n) is 18.4. The molecule has 0 spiro atoms. The number of rotatable bonds is 5. The van der Waals surface area contributed by atoms with E-state index in [4.69, 9.17) is 0 Å². The number of carbonyl (C=O) groups excluding carboxylic acids is 3. The molecule has 0 aromatic heterocycles. The van der Waals surface area contributed by atoms with Gasteiger partial charge in [0.15, 0.2) is 57.1 Å². The summed E-state index contributed by atoms with van der Waals surface area (Å²) in [6.45, 7) is 0. The average Bonchev–Trinajstić information content (AvgIpc) is 2.81. The van der Waals surface area contributed by atoms with Crippen molar-refractivity contribution in [3.8, 4) is 34.5 Å². The summed E-state index contributed by atoms with van der Waals surface area (Å²) in [6, 6.07) is 2.12. The predicted molar refractivity (Wildman–Crippen MR) is 114 cm³/mol. The molecule has 0 amide bonds. The number of methoxy groups -OCH3 is 1. The number of aromatic hydroxyl groups is 6. The molecule has 2 aromatic carbocycles. The van der Waals surface area contributed by atoms with Crippen LogP contribution in [-0.4, -0.2) is 98.6 Å². The van der Waals surface area contributed by atoms with Gasteiger partial charge in [0.1, 0.15) is 0 Å². The summed E-state index contributed by atoms with van der Waals surface area (Å²) in [6.07, 6.45) is -5.17. The number of benzene rings is 2. The van der Waals surface area contributed by atoms with Crippen LogP contribution in [0.5, 0.6) is 34.5 Å². The third kappa shape index (κ3) is 3.72. The Balaban J connectivity index is 2.28. The molecular weight excluding hydrogens is 488 g/mol. The summed E-state index contributed by atoms with van der Waals surface area (Å²) in [5.41, 5.74) is -11.7. The van der Waals surface area contributed by atoms with Crippen molar-refractivity contribution in [3.05, 3.63) is 35.4 Å².